The van der Waals surface area contributed by atoms with Crippen molar-refractivity contribution in [3.63, 3.8) is 0 Å². The van der Waals surface area contributed by atoms with Gasteiger partial charge >= 0.3 is 0 Å². The van der Waals surface area contributed by atoms with Crippen LogP contribution in [0.3, 0.4) is 0 Å². The lowest BCUT2D eigenvalue weighted by molar-refractivity contribution is 0.0638. The lowest BCUT2D eigenvalue weighted by Crippen LogP contribution is -2.41. The molecule has 2 heterocycles. The van der Waals surface area contributed by atoms with E-state index >= 15 is 0 Å². The summed E-state index contributed by atoms with van der Waals surface area (Å²) in [5.41, 5.74) is 0. The summed E-state index contributed by atoms with van der Waals surface area (Å²) >= 11 is 1.46. The number of methoxy groups -OCH3 is 1. The van der Waals surface area contributed by atoms with Gasteiger partial charge in [-0.05, 0) is 31.9 Å². The number of carbonyl (C=O) groups excluding carboxylic acids is 1. The number of likely N-dealkylation sites (tertiary alicyclic amines) is 1. The Labute approximate surface area is 146 Å². The largest absolute Gasteiger partial charge is 0.497 e. The van der Waals surface area contributed by atoms with Crippen molar-refractivity contribution in [2.75, 3.05) is 26.8 Å². The summed E-state index contributed by atoms with van der Waals surface area (Å²) in [5.74, 6) is 2.03. The molecule has 0 radical (unpaired) electrons. The average molecular weight is 346 g/mol. The van der Waals surface area contributed by atoms with Crippen molar-refractivity contribution in [1.29, 1.82) is 0 Å². The standard InChI is InChI=1S/C18H22N2O3S/c1-13-19-10-17(24-13)18(21)20-8-4-5-14(11-20)12-23-16-7-3-6-15(9-16)22-2/h3,6-7,9-10,14H,4-5,8,11-12H2,1-2H3/t14-/m1/s1. The molecule has 128 valence electrons. The van der Waals surface area contributed by atoms with Crippen molar-refractivity contribution in [1.82, 2.24) is 9.88 Å². The number of nitrogens with zero attached hydrogens (tertiary/aromatic N) is 2. The number of rotatable bonds is 5. The van der Waals surface area contributed by atoms with Crippen molar-refractivity contribution in [2.45, 2.75) is 19.8 Å². The molecule has 0 aliphatic carbocycles. The molecule has 1 fully saturated rings. The Hall–Kier alpha value is -2.08. The first kappa shape index (κ1) is 16.8. The number of thiazole rings is 1. The maximum atomic E-state index is 12.6. The lowest BCUT2D eigenvalue weighted by Gasteiger charge is -2.32. The van der Waals surface area contributed by atoms with Gasteiger partial charge in [0.15, 0.2) is 0 Å². The monoisotopic (exact) mass is 346 g/mol. The summed E-state index contributed by atoms with van der Waals surface area (Å²) in [7, 11) is 1.64. The van der Waals surface area contributed by atoms with E-state index in [-0.39, 0.29) is 5.91 Å². The molecule has 1 amide bonds. The van der Waals surface area contributed by atoms with Gasteiger partial charge in [-0.3, -0.25) is 4.79 Å². The van der Waals surface area contributed by atoms with Crippen molar-refractivity contribution in [3.8, 4) is 11.5 Å². The van der Waals surface area contributed by atoms with Gasteiger partial charge in [0.25, 0.3) is 5.91 Å². The molecular formula is C18H22N2O3S. The van der Waals surface area contributed by atoms with Crippen LogP contribution in [0.25, 0.3) is 0 Å². The fraction of sp³-hybridized carbons (Fsp3) is 0.444. The predicted molar refractivity (Wildman–Crippen MR) is 94.0 cm³/mol. The van der Waals surface area contributed by atoms with E-state index in [9.17, 15) is 4.79 Å². The Balaban J connectivity index is 1.56. The minimum absolute atomic E-state index is 0.0895. The molecule has 0 bridgehead atoms. The first-order chi connectivity index (χ1) is 11.7. The summed E-state index contributed by atoms with van der Waals surface area (Å²) in [4.78, 5) is 19.4. The van der Waals surface area contributed by atoms with Gasteiger partial charge in [0.1, 0.15) is 16.4 Å². The summed E-state index contributed by atoms with van der Waals surface area (Å²) in [6, 6.07) is 7.61. The highest BCUT2D eigenvalue weighted by molar-refractivity contribution is 7.13. The summed E-state index contributed by atoms with van der Waals surface area (Å²) in [6.07, 6.45) is 3.77. The third kappa shape index (κ3) is 4.06. The first-order valence-electron chi connectivity index (χ1n) is 8.14. The SMILES string of the molecule is COc1cccc(OC[C@@H]2CCCN(C(=O)c3cnc(C)s3)C2)c1. The second-order valence-electron chi connectivity index (χ2n) is 5.99. The number of hydrogen-bond acceptors (Lipinski definition) is 5. The molecule has 6 heteroatoms. The van der Waals surface area contributed by atoms with Crippen LogP contribution in [-0.4, -0.2) is 42.6 Å². The van der Waals surface area contributed by atoms with Crippen LogP contribution in [0.4, 0.5) is 0 Å². The topological polar surface area (TPSA) is 51.7 Å². The molecule has 1 aliphatic rings. The van der Waals surface area contributed by atoms with E-state index in [1.807, 2.05) is 36.1 Å². The fourth-order valence-electron chi connectivity index (χ4n) is 2.91. The highest BCUT2D eigenvalue weighted by Crippen LogP contribution is 2.23. The van der Waals surface area contributed by atoms with Gasteiger partial charge in [0.05, 0.1) is 24.9 Å². The zero-order valence-electron chi connectivity index (χ0n) is 14.0. The second kappa shape index (κ2) is 7.66. The highest BCUT2D eigenvalue weighted by atomic mass is 32.1. The van der Waals surface area contributed by atoms with E-state index in [4.69, 9.17) is 9.47 Å². The van der Waals surface area contributed by atoms with Crippen molar-refractivity contribution < 1.29 is 14.3 Å². The molecule has 1 aromatic heterocycles. The van der Waals surface area contributed by atoms with Crippen LogP contribution in [0.15, 0.2) is 30.5 Å². The normalized spacial score (nSPS) is 17.6. The van der Waals surface area contributed by atoms with Crippen LogP contribution in [-0.2, 0) is 0 Å². The Morgan fingerprint density at radius 3 is 3.00 bits per heavy atom. The molecule has 0 N–H and O–H groups in total. The Morgan fingerprint density at radius 1 is 1.42 bits per heavy atom. The van der Waals surface area contributed by atoms with Gasteiger partial charge in [-0.1, -0.05) is 6.07 Å². The smallest absolute Gasteiger partial charge is 0.265 e. The van der Waals surface area contributed by atoms with Crippen LogP contribution in [0, 0.1) is 12.8 Å². The first-order valence-corrected chi connectivity index (χ1v) is 8.96. The number of aromatic nitrogens is 1. The summed E-state index contributed by atoms with van der Waals surface area (Å²) in [6.45, 7) is 4.08. The minimum atomic E-state index is 0.0895. The minimum Gasteiger partial charge on any atom is -0.497 e. The van der Waals surface area contributed by atoms with Crippen molar-refractivity contribution in [3.05, 3.63) is 40.3 Å². The fourth-order valence-corrected chi connectivity index (χ4v) is 3.65. The molecule has 1 atom stereocenters. The zero-order chi connectivity index (χ0) is 16.9. The van der Waals surface area contributed by atoms with Crippen LogP contribution in [0.1, 0.15) is 27.5 Å². The van der Waals surface area contributed by atoms with Gasteiger partial charge < -0.3 is 14.4 Å². The number of carbonyl (C=O) groups is 1. The van der Waals surface area contributed by atoms with Crippen LogP contribution in [0.5, 0.6) is 11.5 Å². The molecule has 0 unspecified atom stereocenters. The molecule has 5 nitrogen and oxygen atoms in total. The number of amides is 1. The molecule has 3 rings (SSSR count). The molecule has 1 aromatic carbocycles. The van der Waals surface area contributed by atoms with E-state index in [2.05, 4.69) is 4.98 Å². The zero-order valence-corrected chi connectivity index (χ0v) is 14.8. The third-order valence-corrected chi connectivity index (χ3v) is 5.07. The van der Waals surface area contributed by atoms with E-state index in [0.29, 0.717) is 12.5 Å². The number of hydrogen-bond donors (Lipinski definition) is 0. The van der Waals surface area contributed by atoms with Gasteiger partial charge in [-0.15, -0.1) is 11.3 Å². The average Bonchev–Trinajstić information content (AvgIpc) is 3.06. The number of aryl methyl sites for hydroxylation is 1. The number of piperidine rings is 1. The van der Waals surface area contributed by atoms with E-state index in [1.54, 1.807) is 13.3 Å². The maximum Gasteiger partial charge on any atom is 0.265 e. The number of benzene rings is 1. The quantitative estimate of drug-likeness (QED) is 0.833. The molecule has 1 saturated heterocycles. The van der Waals surface area contributed by atoms with E-state index in [1.165, 1.54) is 11.3 Å². The van der Waals surface area contributed by atoms with Crippen molar-refractivity contribution >= 4 is 17.2 Å². The van der Waals surface area contributed by atoms with Crippen LogP contribution >= 0.6 is 11.3 Å². The number of ether oxygens (including phenoxy) is 2. The molecule has 0 spiro atoms. The van der Waals surface area contributed by atoms with Gasteiger partial charge in [-0.25, -0.2) is 4.98 Å². The van der Waals surface area contributed by atoms with Gasteiger partial charge in [-0.2, -0.15) is 0 Å². The van der Waals surface area contributed by atoms with Gasteiger partial charge in [0.2, 0.25) is 0 Å². The summed E-state index contributed by atoms with van der Waals surface area (Å²) < 4.78 is 11.1. The van der Waals surface area contributed by atoms with E-state index in [0.717, 1.165) is 47.3 Å². The molecule has 2 aromatic rings. The van der Waals surface area contributed by atoms with Crippen molar-refractivity contribution in [2.24, 2.45) is 5.92 Å². The Bertz CT molecular complexity index is 701. The molecular weight excluding hydrogens is 324 g/mol. The second-order valence-corrected chi connectivity index (χ2v) is 7.23. The predicted octanol–water partition coefficient (Wildman–Crippen LogP) is 3.39. The maximum absolute atomic E-state index is 12.6. The van der Waals surface area contributed by atoms with Crippen LogP contribution in [0.2, 0.25) is 0 Å². The molecule has 1 aliphatic heterocycles. The van der Waals surface area contributed by atoms with Gasteiger partial charge in [0, 0.05) is 25.1 Å². The summed E-state index contributed by atoms with van der Waals surface area (Å²) in [5, 5.41) is 0.924. The third-order valence-electron chi connectivity index (χ3n) is 4.17. The highest BCUT2D eigenvalue weighted by Gasteiger charge is 2.26. The molecule has 24 heavy (non-hydrogen) atoms. The van der Waals surface area contributed by atoms with E-state index < -0.39 is 0 Å². The van der Waals surface area contributed by atoms with Crippen LogP contribution < -0.4 is 9.47 Å². The molecule has 0 saturated carbocycles. The Morgan fingerprint density at radius 2 is 2.25 bits per heavy atom. The Kier molecular flexibility index (Phi) is 5.35. The lowest BCUT2D eigenvalue weighted by atomic mass is 9.99.